The summed E-state index contributed by atoms with van der Waals surface area (Å²) in [6, 6.07) is 6.44. The molecule has 2 heterocycles. The summed E-state index contributed by atoms with van der Waals surface area (Å²) in [5.74, 6) is 3.48. The monoisotopic (exact) mass is 372 g/mol. The summed E-state index contributed by atoms with van der Waals surface area (Å²) in [5, 5.41) is 14.9. The van der Waals surface area contributed by atoms with Crippen molar-refractivity contribution in [1.29, 1.82) is 0 Å². The number of hydrogen-bond acceptors (Lipinski definition) is 5. The fraction of sp³-hybridized carbons (Fsp3) is 0.526. The Bertz CT molecular complexity index is 787. The van der Waals surface area contributed by atoms with Crippen LogP contribution in [0, 0.1) is 6.92 Å². The van der Waals surface area contributed by atoms with Crippen molar-refractivity contribution in [2.24, 2.45) is 12.0 Å². The molecule has 27 heavy (non-hydrogen) atoms. The molecule has 0 amide bonds. The van der Waals surface area contributed by atoms with Crippen molar-refractivity contribution < 1.29 is 9.47 Å². The van der Waals surface area contributed by atoms with Crippen molar-refractivity contribution in [3.8, 4) is 5.75 Å². The summed E-state index contributed by atoms with van der Waals surface area (Å²) in [6.07, 6.45) is 1.92. The lowest BCUT2D eigenvalue weighted by molar-refractivity contribution is 0.203. The minimum absolute atomic E-state index is 0.468. The quantitative estimate of drug-likeness (QED) is 0.408. The number of aromatic nitrogens is 3. The number of aryl methyl sites for hydroxylation is 1. The van der Waals surface area contributed by atoms with E-state index >= 15 is 0 Å². The molecule has 8 nitrogen and oxygen atoms in total. The zero-order chi connectivity index (χ0) is 19.1. The number of fused-ring (bicyclic) bond motifs is 1. The van der Waals surface area contributed by atoms with Crippen LogP contribution in [-0.4, -0.2) is 54.1 Å². The molecule has 1 aromatic heterocycles. The lowest BCUT2D eigenvalue weighted by Gasteiger charge is -2.13. The Morgan fingerprint density at radius 3 is 2.93 bits per heavy atom. The van der Waals surface area contributed by atoms with E-state index in [0.29, 0.717) is 19.7 Å². The van der Waals surface area contributed by atoms with E-state index < -0.39 is 0 Å². The molecule has 1 aliphatic rings. The zero-order valence-electron chi connectivity index (χ0n) is 16.3. The molecule has 8 heteroatoms. The smallest absolute Gasteiger partial charge is 0.191 e. The van der Waals surface area contributed by atoms with E-state index in [1.807, 2.05) is 18.5 Å². The number of hydrogen-bond donors (Lipinski definition) is 2. The van der Waals surface area contributed by atoms with Crippen molar-refractivity contribution >= 4 is 5.96 Å². The van der Waals surface area contributed by atoms with Gasteiger partial charge in [0.05, 0.1) is 13.2 Å². The zero-order valence-corrected chi connectivity index (χ0v) is 16.3. The Labute approximate surface area is 160 Å². The van der Waals surface area contributed by atoms with Gasteiger partial charge in [0, 0.05) is 33.7 Å². The van der Waals surface area contributed by atoms with Crippen LogP contribution in [0.4, 0.5) is 0 Å². The molecule has 0 atom stereocenters. The first-order valence-corrected chi connectivity index (χ1v) is 9.28. The van der Waals surface area contributed by atoms with Gasteiger partial charge in [-0.1, -0.05) is 12.1 Å². The predicted octanol–water partition coefficient (Wildman–Crippen LogP) is 0.983. The first kappa shape index (κ1) is 19.2. The largest absolute Gasteiger partial charge is 0.493 e. The summed E-state index contributed by atoms with van der Waals surface area (Å²) in [7, 11) is 3.63. The SMILES string of the molecule is COCCNC(=NCc1nnc(C)n1C)NCCc1ccc2c(c1)CCO2. The third-order valence-electron chi connectivity index (χ3n) is 4.62. The van der Waals surface area contributed by atoms with Crippen LogP contribution in [0.3, 0.4) is 0 Å². The van der Waals surface area contributed by atoms with Crippen LogP contribution in [-0.2, 0) is 31.2 Å². The maximum atomic E-state index is 5.57. The number of benzene rings is 1. The highest BCUT2D eigenvalue weighted by molar-refractivity contribution is 5.79. The van der Waals surface area contributed by atoms with Gasteiger partial charge < -0.3 is 24.7 Å². The van der Waals surface area contributed by atoms with Crippen LogP contribution in [0.15, 0.2) is 23.2 Å². The predicted molar refractivity (Wildman–Crippen MR) is 104 cm³/mol. The van der Waals surface area contributed by atoms with Gasteiger partial charge in [0.25, 0.3) is 0 Å². The fourth-order valence-corrected chi connectivity index (χ4v) is 2.90. The van der Waals surface area contributed by atoms with E-state index in [2.05, 4.69) is 44.0 Å². The summed E-state index contributed by atoms with van der Waals surface area (Å²) in [6.45, 7) is 5.29. The molecular weight excluding hydrogens is 344 g/mol. The van der Waals surface area contributed by atoms with Crippen LogP contribution in [0.25, 0.3) is 0 Å². The van der Waals surface area contributed by atoms with Crippen LogP contribution < -0.4 is 15.4 Å². The number of rotatable bonds is 8. The van der Waals surface area contributed by atoms with Crippen molar-refractivity contribution in [3.05, 3.63) is 41.0 Å². The molecule has 1 aliphatic heterocycles. The molecule has 0 aliphatic carbocycles. The Morgan fingerprint density at radius 1 is 1.30 bits per heavy atom. The van der Waals surface area contributed by atoms with Gasteiger partial charge in [-0.15, -0.1) is 10.2 Å². The van der Waals surface area contributed by atoms with Crippen LogP contribution in [0.2, 0.25) is 0 Å². The number of nitrogens with one attached hydrogen (secondary N) is 2. The highest BCUT2D eigenvalue weighted by atomic mass is 16.5. The lowest BCUT2D eigenvalue weighted by Crippen LogP contribution is -2.40. The second-order valence-electron chi connectivity index (χ2n) is 6.52. The van der Waals surface area contributed by atoms with Crippen molar-refractivity contribution in [3.63, 3.8) is 0 Å². The van der Waals surface area contributed by atoms with E-state index in [1.165, 1.54) is 11.1 Å². The maximum Gasteiger partial charge on any atom is 0.191 e. The minimum Gasteiger partial charge on any atom is -0.493 e. The molecule has 2 aromatic rings. The van der Waals surface area contributed by atoms with Gasteiger partial charge in [0.15, 0.2) is 11.8 Å². The van der Waals surface area contributed by atoms with E-state index in [0.717, 1.165) is 49.4 Å². The molecule has 0 saturated carbocycles. The normalized spacial score (nSPS) is 13.4. The number of methoxy groups -OCH3 is 1. The van der Waals surface area contributed by atoms with Gasteiger partial charge in [-0.2, -0.15) is 0 Å². The summed E-state index contributed by atoms with van der Waals surface area (Å²) in [5.41, 5.74) is 2.60. The maximum absolute atomic E-state index is 5.57. The molecule has 0 unspecified atom stereocenters. The number of ether oxygens (including phenoxy) is 2. The Kier molecular flexibility index (Phi) is 6.64. The van der Waals surface area contributed by atoms with Gasteiger partial charge in [-0.3, -0.25) is 0 Å². The Morgan fingerprint density at radius 2 is 2.15 bits per heavy atom. The summed E-state index contributed by atoms with van der Waals surface area (Å²) < 4.78 is 12.6. The van der Waals surface area contributed by atoms with Crippen molar-refractivity contribution in [1.82, 2.24) is 25.4 Å². The summed E-state index contributed by atoms with van der Waals surface area (Å²) in [4.78, 5) is 4.62. The first-order valence-electron chi connectivity index (χ1n) is 9.28. The van der Waals surface area contributed by atoms with E-state index in [9.17, 15) is 0 Å². The van der Waals surface area contributed by atoms with Gasteiger partial charge in [0.2, 0.25) is 0 Å². The Balaban J connectivity index is 1.55. The number of nitrogens with zero attached hydrogens (tertiary/aromatic N) is 4. The van der Waals surface area contributed by atoms with E-state index in [-0.39, 0.29) is 0 Å². The van der Waals surface area contributed by atoms with Crippen LogP contribution in [0.5, 0.6) is 5.75 Å². The fourth-order valence-electron chi connectivity index (χ4n) is 2.90. The number of aliphatic imine (C=N–C) groups is 1. The molecule has 0 fully saturated rings. The van der Waals surface area contributed by atoms with E-state index in [1.54, 1.807) is 7.11 Å². The molecule has 0 radical (unpaired) electrons. The van der Waals surface area contributed by atoms with Gasteiger partial charge in [0.1, 0.15) is 18.1 Å². The Hall–Kier alpha value is -2.61. The molecule has 1 aromatic carbocycles. The molecule has 0 saturated heterocycles. The average molecular weight is 372 g/mol. The standard InChI is InChI=1S/C19H28N6O2/c1-14-23-24-18(25(14)2)13-22-19(21-9-11-26-3)20-8-6-15-4-5-17-16(12-15)7-10-27-17/h4-5,12H,6-11,13H2,1-3H3,(H2,20,21,22). The number of guanidine groups is 1. The second-order valence-corrected chi connectivity index (χ2v) is 6.52. The third-order valence-corrected chi connectivity index (χ3v) is 4.62. The minimum atomic E-state index is 0.468. The molecule has 0 bridgehead atoms. The van der Waals surface area contributed by atoms with Gasteiger partial charge in [-0.25, -0.2) is 4.99 Å². The topological polar surface area (TPSA) is 85.6 Å². The first-order chi connectivity index (χ1) is 13.2. The van der Waals surface area contributed by atoms with E-state index in [4.69, 9.17) is 9.47 Å². The van der Waals surface area contributed by atoms with Gasteiger partial charge >= 0.3 is 0 Å². The van der Waals surface area contributed by atoms with Crippen molar-refractivity contribution in [2.75, 3.05) is 33.4 Å². The van der Waals surface area contributed by atoms with Crippen LogP contribution in [0.1, 0.15) is 22.8 Å². The van der Waals surface area contributed by atoms with Gasteiger partial charge in [-0.05, 0) is 30.5 Å². The lowest BCUT2D eigenvalue weighted by atomic mass is 10.1. The molecule has 3 rings (SSSR count). The summed E-state index contributed by atoms with van der Waals surface area (Å²) >= 11 is 0. The average Bonchev–Trinajstić information content (AvgIpc) is 3.26. The second kappa shape index (κ2) is 9.36. The molecule has 146 valence electrons. The highest BCUT2D eigenvalue weighted by Crippen LogP contribution is 2.25. The highest BCUT2D eigenvalue weighted by Gasteiger charge is 2.12. The third kappa shape index (κ3) is 5.19. The molecule has 2 N–H and O–H groups in total. The van der Waals surface area contributed by atoms with Crippen molar-refractivity contribution in [2.45, 2.75) is 26.3 Å². The molecule has 0 spiro atoms. The van der Waals surface area contributed by atoms with Crippen LogP contribution >= 0.6 is 0 Å². The molecular formula is C19H28N6O2.